The van der Waals surface area contributed by atoms with Gasteiger partial charge in [0.15, 0.2) is 6.61 Å². The standard InChI is InChI=1S/C17H12BrClO3/c1-2-9-21-17(20)13-5-8-16(15(19)10-13)22-11-12-3-6-14(18)7-4-12/h1,3-8,10H,9,11H2. The number of halogens is 2. The first-order chi connectivity index (χ1) is 10.6. The normalized spacial score (nSPS) is 9.86. The first-order valence-electron chi connectivity index (χ1n) is 6.37. The van der Waals surface area contributed by atoms with Crippen molar-refractivity contribution in [2.75, 3.05) is 6.61 Å². The summed E-state index contributed by atoms with van der Waals surface area (Å²) in [5.74, 6) is 2.22. The van der Waals surface area contributed by atoms with Crippen molar-refractivity contribution in [1.29, 1.82) is 0 Å². The third-order valence-electron chi connectivity index (χ3n) is 2.76. The molecule has 2 aromatic carbocycles. The summed E-state index contributed by atoms with van der Waals surface area (Å²) in [6, 6.07) is 12.5. The van der Waals surface area contributed by atoms with Gasteiger partial charge in [-0.1, -0.05) is 45.6 Å². The minimum absolute atomic E-state index is 0.0712. The van der Waals surface area contributed by atoms with Crippen molar-refractivity contribution in [3.8, 4) is 18.1 Å². The van der Waals surface area contributed by atoms with E-state index in [1.165, 1.54) is 6.07 Å². The molecule has 0 spiro atoms. The molecule has 2 rings (SSSR count). The number of carbonyl (C=O) groups excluding carboxylic acids is 1. The summed E-state index contributed by atoms with van der Waals surface area (Å²) < 4.78 is 11.5. The van der Waals surface area contributed by atoms with Crippen molar-refractivity contribution >= 4 is 33.5 Å². The summed E-state index contributed by atoms with van der Waals surface area (Å²) in [6.45, 7) is 0.312. The van der Waals surface area contributed by atoms with Crippen molar-refractivity contribution in [2.24, 2.45) is 0 Å². The van der Waals surface area contributed by atoms with Crippen LogP contribution in [0.15, 0.2) is 46.9 Å². The summed E-state index contributed by atoms with van der Waals surface area (Å²) in [4.78, 5) is 11.7. The van der Waals surface area contributed by atoms with Crippen LogP contribution in [0.5, 0.6) is 5.75 Å². The lowest BCUT2D eigenvalue weighted by molar-refractivity contribution is 0.0556. The number of carbonyl (C=O) groups is 1. The van der Waals surface area contributed by atoms with Gasteiger partial charge in [-0.05, 0) is 35.9 Å². The van der Waals surface area contributed by atoms with E-state index in [-0.39, 0.29) is 6.61 Å². The van der Waals surface area contributed by atoms with Crippen molar-refractivity contribution in [3.05, 3.63) is 63.1 Å². The molecule has 0 aliphatic rings. The molecule has 0 aromatic heterocycles. The first kappa shape index (κ1) is 16.4. The molecule has 0 aliphatic heterocycles. The predicted octanol–water partition coefficient (Wildman–Crippen LogP) is 4.47. The SMILES string of the molecule is C#CCOC(=O)c1ccc(OCc2ccc(Br)cc2)c(Cl)c1. The molecule has 22 heavy (non-hydrogen) atoms. The van der Waals surface area contributed by atoms with Gasteiger partial charge in [0, 0.05) is 4.47 Å². The van der Waals surface area contributed by atoms with Gasteiger partial charge in [-0.25, -0.2) is 4.79 Å². The Labute approximate surface area is 142 Å². The molecule has 0 heterocycles. The van der Waals surface area contributed by atoms with Gasteiger partial charge < -0.3 is 9.47 Å². The van der Waals surface area contributed by atoms with E-state index < -0.39 is 5.97 Å². The Balaban J connectivity index is 2.02. The lowest BCUT2D eigenvalue weighted by Gasteiger charge is -2.09. The highest BCUT2D eigenvalue weighted by atomic mass is 79.9. The Hall–Kier alpha value is -1.96. The Morgan fingerprint density at radius 2 is 1.95 bits per heavy atom. The van der Waals surface area contributed by atoms with Crippen LogP contribution >= 0.6 is 27.5 Å². The van der Waals surface area contributed by atoms with Crippen LogP contribution in [0, 0.1) is 12.3 Å². The molecule has 5 heteroatoms. The molecule has 0 N–H and O–H groups in total. The van der Waals surface area contributed by atoms with Gasteiger partial charge in [-0.15, -0.1) is 6.42 Å². The highest BCUT2D eigenvalue weighted by Gasteiger charge is 2.10. The van der Waals surface area contributed by atoms with E-state index in [1.807, 2.05) is 24.3 Å². The summed E-state index contributed by atoms with van der Waals surface area (Å²) in [5.41, 5.74) is 1.34. The number of ether oxygens (including phenoxy) is 2. The van der Waals surface area contributed by atoms with Crippen LogP contribution in [0.4, 0.5) is 0 Å². The monoisotopic (exact) mass is 378 g/mol. The van der Waals surface area contributed by atoms with Gasteiger partial charge in [-0.3, -0.25) is 0 Å². The summed E-state index contributed by atoms with van der Waals surface area (Å²) >= 11 is 9.49. The maximum absolute atomic E-state index is 11.7. The lowest BCUT2D eigenvalue weighted by atomic mass is 10.2. The van der Waals surface area contributed by atoms with Gasteiger partial charge in [0.25, 0.3) is 0 Å². The molecule has 0 saturated carbocycles. The Morgan fingerprint density at radius 1 is 1.23 bits per heavy atom. The van der Waals surface area contributed by atoms with Crippen molar-refractivity contribution in [3.63, 3.8) is 0 Å². The molecule has 0 unspecified atom stereocenters. The Kier molecular flexibility index (Phi) is 5.88. The zero-order valence-electron chi connectivity index (χ0n) is 11.5. The zero-order chi connectivity index (χ0) is 15.9. The molecule has 0 radical (unpaired) electrons. The fourth-order valence-electron chi connectivity index (χ4n) is 1.68. The van der Waals surface area contributed by atoms with E-state index in [2.05, 4.69) is 21.9 Å². The fraction of sp³-hybridized carbons (Fsp3) is 0.118. The van der Waals surface area contributed by atoms with Gasteiger partial charge in [0.2, 0.25) is 0 Å². The van der Waals surface area contributed by atoms with E-state index >= 15 is 0 Å². The molecule has 0 bridgehead atoms. The molecular weight excluding hydrogens is 368 g/mol. The maximum Gasteiger partial charge on any atom is 0.339 e. The van der Waals surface area contributed by atoms with Crippen LogP contribution in [-0.4, -0.2) is 12.6 Å². The number of terminal acetylenes is 1. The van der Waals surface area contributed by atoms with Crippen LogP contribution < -0.4 is 4.74 Å². The van der Waals surface area contributed by atoms with Crippen LogP contribution in [0.2, 0.25) is 5.02 Å². The lowest BCUT2D eigenvalue weighted by Crippen LogP contribution is -2.05. The van der Waals surface area contributed by atoms with E-state index in [4.69, 9.17) is 27.5 Å². The average molecular weight is 380 g/mol. The molecule has 3 nitrogen and oxygen atoms in total. The summed E-state index contributed by atoms with van der Waals surface area (Å²) in [5, 5.41) is 0.340. The molecule has 0 saturated heterocycles. The number of hydrogen-bond donors (Lipinski definition) is 0. The van der Waals surface area contributed by atoms with Gasteiger partial charge >= 0.3 is 5.97 Å². The number of benzene rings is 2. The van der Waals surface area contributed by atoms with Crippen molar-refractivity contribution in [1.82, 2.24) is 0 Å². The number of rotatable bonds is 5. The molecule has 0 aliphatic carbocycles. The van der Waals surface area contributed by atoms with E-state index in [9.17, 15) is 4.79 Å². The topological polar surface area (TPSA) is 35.5 Å². The molecular formula is C17H12BrClO3. The minimum atomic E-state index is -0.515. The van der Waals surface area contributed by atoms with E-state index in [0.29, 0.717) is 22.9 Å². The summed E-state index contributed by atoms with van der Waals surface area (Å²) in [6.07, 6.45) is 5.04. The quantitative estimate of drug-likeness (QED) is 0.568. The minimum Gasteiger partial charge on any atom is -0.487 e. The van der Waals surface area contributed by atoms with Crippen LogP contribution in [0.1, 0.15) is 15.9 Å². The average Bonchev–Trinajstić information content (AvgIpc) is 2.53. The maximum atomic E-state index is 11.7. The zero-order valence-corrected chi connectivity index (χ0v) is 13.9. The van der Waals surface area contributed by atoms with Gasteiger partial charge in [0.05, 0.1) is 10.6 Å². The highest BCUT2D eigenvalue weighted by molar-refractivity contribution is 9.10. The third kappa shape index (κ3) is 4.52. The van der Waals surface area contributed by atoms with Crippen LogP contribution in [0.25, 0.3) is 0 Å². The largest absolute Gasteiger partial charge is 0.487 e. The second-order valence-corrected chi connectivity index (χ2v) is 5.66. The summed E-state index contributed by atoms with van der Waals surface area (Å²) in [7, 11) is 0. The van der Waals surface area contributed by atoms with E-state index in [0.717, 1.165) is 10.0 Å². The number of esters is 1. The van der Waals surface area contributed by atoms with Crippen LogP contribution in [0.3, 0.4) is 0 Å². The predicted molar refractivity (Wildman–Crippen MR) is 89.0 cm³/mol. The van der Waals surface area contributed by atoms with Crippen LogP contribution in [-0.2, 0) is 11.3 Å². The molecule has 0 fully saturated rings. The second-order valence-electron chi connectivity index (χ2n) is 4.34. The molecule has 112 valence electrons. The fourth-order valence-corrected chi connectivity index (χ4v) is 2.18. The smallest absolute Gasteiger partial charge is 0.339 e. The molecule has 0 amide bonds. The Morgan fingerprint density at radius 3 is 2.59 bits per heavy atom. The van der Waals surface area contributed by atoms with Gasteiger partial charge in [-0.2, -0.15) is 0 Å². The van der Waals surface area contributed by atoms with Crippen molar-refractivity contribution < 1.29 is 14.3 Å². The Bertz CT molecular complexity index is 705. The second kappa shape index (κ2) is 7.88. The highest BCUT2D eigenvalue weighted by Crippen LogP contribution is 2.26. The molecule has 0 atom stereocenters. The molecule has 2 aromatic rings. The van der Waals surface area contributed by atoms with Crippen molar-refractivity contribution in [2.45, 2.75) is 6.61 Å². The number of hydrogen-bond acceptors (Lipinski definition) is 3. The van der Waals surface area contributed by atoms with Gasteiger partial charge in [0.1, 0.15) is 12.4 Å². The van der Waals surface area contributed by atoms with E-state index in [1.54, 1.807) is 12.1 Å². The third-order valence-corrected chi connectivity index (χ3v) is 3.59. The first-order valence-corrected chi connectivity index (χ1v) is 7.54.